The minimum absolute atomic E-state index is 0.0291. The lowest BCUT2D eigenvalue weighted by atomic mass is 10.1. The normalized spacial score (nSPS) is 11.9. The van der Waals surface area contributed by atoms with Gasteiger partial charge in [-0.1, -0.05) is 0 Å². The van der Waals surface area contributed by atoms with Gasteiger partial charge >= 0.3 is 0 Å². The first-order valence-corrected chi connectivity index (χ1v) is 9.58. The summed E-state index contributed by atoms with van der Waals surface area (Å²) in [4.78, 5) is 16.7. The molecule has 29 heavy (non-hydrogen) atoms. The number of rotatable bonds is 6. The van der Waals surface area contributed by atoms with Gasteiger partial charge in [0.05, 0.1) is 24.6 Å². The molecule has 3 rings (SSSR count). The molecular formula is C20H20N4O4S. The number of carbonyl (C=O) groups excluding carboxylic acids is 1. The summed E-state index contributed by atoms with van der Waals surface area (Å²) < 4.78 is 6.77. The van der Waals surface area contributed by atoms with Gasteiger partial charge in [-0.3, -0.25) is 9.79 Å². The van der Waals surface area contributed by atoms with Crippen LogP contribution in [0.5, 0.6) is 17.2 Å². The van der Waals surface area contributed by atoms with Crippen LogP contribution in [0.1, 0.15) is 22.8 Å². The van der Waals surface area contributed by atoms with E-state index in [1.54, 1.807) is 29.1 Å². The molecule has 0 atom stereocenters. The SMILES string of the molecule is CCN=c1scc(-c2ccc(O)c(C(N)=O)c2)n1/N=C/c1ccc(O)c(OC)c1. The molecule has 0 fully saturated rings. The van der Waals surface area contributed by atoms with E-state index in [2.05, 4.69) is 10.1 Å². The number of aromatic nitrogens is 1. The Morgan fingerprint density at radius 2 is 2.00 bits per heavy atom. The maximum atomic E-state index is 11.6. The number of thiazole rings is 1. The third kappa shape index (κ3) is 4.30. The van der Waals surface area contributed by atoms with Gasteiger partial charge in [-0.15, -0.1) is 11.3 Å². The number of aromatic hydroxyl groups is 2. The fourth-order valence-electron chi connectivity index (χ4n) is 2.64. The fourth-order valence-corrected chi connectivity index (χ4v) is 3.55. The lowest BCUT2D eigenvalue weighted by Gasteiger charge is -2.07. The maximum Gasteiger partial charge on any atom is 0.252 e. The third-order valence-corrected chi connectivity index (χ3v) is 4.92. The van der Waals surface area contributed by atoms with Gasteiger partial charge in [0.1, 0.15) is 5.75 Å². The molecule has 8 nitrogen and oxygen atoms in total. The van der Waals surface area contributed by atoms with Gasteiger partial charge in [-0.05, 0) is 48.9 Å². The van der Waals surface area contributed by atoms with Crippen LogP contribution in [0.4, 0.5) is 0 Å². The number of benzene rings is 2. The molecule has 0 radical (unpaired) electrons. The molecule has 1 amide bonds. The van der Waals surface area contributed by atoms with Crippen LogP contribution in [0.25, 0.3) is 11.3 Å². The van der Waals surface area contributed by atoms with Crippen LogP contribution < -0.4 is 15.3 Å². The summed E-state index contributed by atoms with van der Waals surface area (Å²) >= 11 is 1.40. The molecular weight excluding hydrogens is 392 g/mol. The highest BCUT2D eigenvalue weighted by atomic mass is 32.1. The van der Waals surface area contributed by atoms with Crippen LogP contribution in [-0.4, -0.2) is 40.7 Å². The second-order valence-electron chi connectivity index (χ2n) is 5.96. The first kappa shape index (κ1) is 20.2. The van der Waals surface area contributed by atoms with E-state index in [1.807, 2.05) is 12.3 Å². The van der Waals surface area contributed by atoms with Gasteiger partial charge in [-0.25, -0.2) is 4.68 Å². The topological polar surface area (TPSA) is 122 Å². The van der Waals surface area contributed by atoms with Crippen LogP contribution in [0.2, 0.25) is 0 Å². The Morgan fingerprint density at radius 1 is 1.24 bits per heavy atom. The number of nitrogens with zero attached hydrogens (tertiary/aromatic N) is 3. The Bertz CT molecular complexity index is 1150. The third-order valence-electron chi connectivity index (χ3n) is 4.06. The van der Waals surface area contributed by atoms with Crippen LogP contribution in [0, 0.1) is 0 Å². The predicted molar refractivity (Wildman–Crippen MR) is 112 cm³/mol. The standard InChI is InChI=1S/C20H20N4O4S/c1-3-22-20-24(23-10-12-4-6-17(26)18(8-12)28-2)15(11-29-20)13-5-7-16(25)14(9-13)19(21)27/h4-11,25-26H,3H2,1-2H3,(H2,21,27)/b22-20?,23-10+. The molecule has 0 spiro atoms. The number of phenolic OH excluding ortho intramolecular Hbond substituents is 1. The number of carbonyl (C=O) groups is 1. The van der Waals surface area contributed by atoms with Crippen molar-refractivity contribution in [2.45, 2.75) is 6.92 Å². The van der Waals surface area contributed by atoms with Crippen molar-refractivity contribution >= 4 is 23.5 Å². The molecule has 0 bridgehead atoms. The van der Waals surface area contributed by atoms with Crippen molar-refractivity contribution in [3.8, 4) is 28.5 Å². The molecule has 9 heteroatoms. The van der Waals surface area contributed by atoms with E-state index in [0.717, 1.165) is 5.56 Å². The number of primary amides is 1. The summed E-state index contributed by atoms with van der Waals surface area (Å²) in [6.07, 6.45) is 1.61. The number of hydrogen-bond acceptors (Lipinski definition) is 7. The fraction of sp³-hybridized carbons (Fsp3) is 0.150. The average molecular weight is 412 g/mol. The van der Waals surface area contributed by atoms with Crippen LogP contribution in [0.3, 0.4) is 0 Å². The van der Waals surface area contributed by atoms with E-state index >= 15 is 0 Å². The molecule has 0 unspecified atom stereocenters. The average Bonchev–Trinajstić information content (AvgIpc) is 3.10. The van der Waals surface area contributed by atoms with Gasteiger partial charge in [0.15, 0.2) is 11.5 Å². The lowest BCUT2D eigenvalue weighted by Crippen LogP contribution is -2.13. The Kier molecular flexibility index (Phi) is 5.99. The predicted octanol–water partition coefficient (Wildman–Crippen LogP) is 2.54. The van der Waals surface area contributed by atoms with Gasteiger partial charge in [0.25, 0.3) is 5.91 Å². The van der Waals surface area contributed by atoms with Crippen LogP contribution in [-0.2, 0) is 0 Å². The molecule has 0 saturated heterocycles. The Balaban J connectivity index is 2.10. The number of phenols is 2. The van der Waals surface area contributed by atoms with E-state index in [-0.39, 0.29) is 17.1 Å². The largest absolute Gasteiger partial charge is 0.507 e. The zero-order valence-electron chi connectivity index (χ0n) is 15.9. The molecule has 2 aromatic carbocycles. The molecule has 1 aromatic heterocycles. The smallest absolute Gasteiger partial charge is 0.252 e. The second-order valence-corrected chi connectivity index (χ2v) is 6.80. The summed E-state index contributed by atoms with van der Waals surface area (Å²) in [5.41, 5.74) is 7.44. The molecule has 0 saturated carbocycles. The highest BCUT2D eigenvalue weighted by Gasteiger charge is 2.13. The highest BCUT2D eigenvalue weighted by Crippen LogP contribution is 2.27. The Hall–Kier alpha value is -3.59. The zero-order valence-corrected chi connectivity index (χ0v) is 16.7. The van der Waals surface area contributed by atoms with Crippen molar-refractivity contribution in [2.75, 3.05) is 13.7 Å². The minimum atomic E-state index is -0.718. The van der Waals surface area contributed by atoms with E-state index < -0.39 is 5.91 Å². The van der Waals surface area contributed by atoms with E-state index in [4.69, 9.17) is 10.5 Å². The summed E-state index contributed by atoms with van der Waals surface area (Å²) in [5, 5.41) is 26.0. The number of hydrogen-bond donors (Lipinski definition) is 3. The minimum Gasteiger partial charge on any atom is -0.507 e. The van der Waals surface area contributed by atoms with Crippen LogP contribution in [0.15, 0.2) is 51.9 Å². The van der Waals surface area contributed by atoms with E-state index in [9.17, 15) is 15.0 Å². The van der Waals surface area contributed by atoms with Crippen molar-refractivity contribution in [3.05, 3.63) is 57.7 Å². The van der Waals surface area contributed by atoms with Gasteiger partial charge in [0.2, 0.25) is 4.80 Å². The molecule has 0 aliphatic carbocycles. The number of amides is 1. The second kappa shape index (κ2) is 8.61. The van der Waals surface area contributed by atoms with Gasteiger partial charge in [0, 0.05) is 17.5 Å². The van der Waals surface area contributed by atoms with Gasteiger partial charge in [-0.2, -0.15) is 5.10 Å². The van der Waals surface area contributed by atoms with E-state index in [0.29, 0.717) is 28.4 Å². The van der Waals surface area contributed by atoms with Crippen molar-refractivity contribution in [1.82, 2.24) is 4.68 Å². The molecule has 1 heterocycles. The number of ether oxygens (including phenoxy) is 1. The van der Waals surface area contributed by atoms with Crippen molar-refractivity contribution in [1.29, 1.82) is 0 Å². The molecule has 4 N–H and O–H groups in total. The molecule has 0 aliphatic rings. The molecule has 0 aliphatic heterocycles. The highest BCUT2D eigenvalue weighted by molar-refractivity contribution is 7.07. The van der Waals surface area contributed by atoms with Crippen molar-refractivity contribution in [3.63, 3.8) is 0 Å². The Morgan fingerprint density at radius 3 is 2.69 bits per heavy atom. The quantitative estimate of drug-likeness (QED) is 0.538. The summed E-state index contributed by atoms with van der Waals surface area (Å²) in [5.74, 6) is -0.517. The first-order chi connectivity index (χ1) is 13.9. The first-order valence-electron chi connectivity index (χ1n) is 8.70. The van der Waals surface area contributed by atoms with E-state index in [1.165, 1.54) is 36.6 Å². The lowest BCUT2D eigenvalue weighted by molar-refractivity contribution is 0.0998. The van der Waals surface area contributed by atoms with Crippen LogP contribution >= 0.6 is 11.3 Å². The summed E-state index contributed by atoms with van der Waals surface area (Å²) in [7, 11) is 1.47. The number of nitrogens with two attached hydrogens (primary N) is 1. The summed E-state index contributed by atoms with van der Waals surface area (Å²) in [6.45, 7) is 2.49. The number of methoxy groups -OCH3 is 1. The molecule has 3 aromatic rings. The Labute approximate surface area is 170 Å². The molecule has 150 valence electrons. The van der Waals surface area contributed by atoms with Crippen molar-refractivity contribution in [2.24, 2.45) is 15.8 Å². The maximum absolute atomic E-state index is 11.6. The monoisotopic (exact) mass is 412 g/mol. The van der Waals surface area contributed by atoms with Crippen molar-refractivity contribution < 1.29 is 19.7 Å². The zero-order chi connectivity index (χ0) is 21.0. The summed E-state index contributed by atoms with van der Waals surface area (Å²) in [6, 6.07) is 9.50. The van der Waals surface area contributed by atoms with Gasteiger partial charge < -0.3 is 20.7 Å².